The molecule has 0 bridgehead atoms. The molecular weight excluding hydrogens is 400 g/mol. The lowest BCUT2D eigenvalue weighted by Crippen LogP contribution is -2.33. The van der Waals surface area contributed by atoms with Crippen LogP contribution in [-0.2, 0) is 9.59 Å². The van der Waals surface area contributed by atoms with E-state index in [2.05, 4.69) is 0 Å². The van der Waals surface area contributed by atoms with Crippen LogP contribution in [0.2, 0.25) is 0 Å². The SMILES string of the molecule is COc1cc(C2C(C(=O)CC(C)C)=C(O)C(=O)N2CCCN(C)C)cc(OC)c1OC. The summed E-state index contributed by atoms with van der Waals surface area (Å²) in [6, 6.07) is 2.72. The average Bonchev–Trinajstić information content (AvgIpc) is 2.96. The molecule has 1 N–H and O–H groups in total. The predicted molar refractivity (Wildman–Crippen MR) is 118 cm³/mol. The number of aliphatic hydroxyl groups is 1. The van der Waals surface area contributed by atoms with Gasteiger partial charge >= 0.3 is 0 Å². The van der Waals surface area contributed by atoms with Gasteiger partial charge in [0.1, 0.15) is 0 Å². The van der Waals surface area contributed by atoms with Crippen molar-refractivity contribution < 1.29 is 28.9 Å². The van der Waals surface area contributed by atoms with Gasteiger partial charge in [-0.05, 0) is 50.7 Å². The summed E-state index contributed by atoms with van der Waals surface area (Å²) in [5.74, 6) is 0.0829. The third-order valence-corrected chi connectivity index (χ3v) is 5.20. The highest BCUT2D eigenvalue weighted by molar-refractivity contribution is 6.09. The van der Waals surface area contributed by atoms with E-state index in [1.807, 2.05) is 32.8 Å². The van der Waals surface area contributed by atoms with Crippen LogP contribution in [0.5, 0.6) is 17.2 Å². The second-order valence-electron chi connectivity index (χ2n) is 8.30. The van der Waals surface area contributed by atoms with Crippen molar-refractivity contribution in [1.29, 1.82) is 0 Å². The summed E-state index contributed by atoms with van der Waals surface area (Å²) in [6.45, 7) is 5.01. The third-order valence-electron chi connectivity index (χ3n) is 5.20. The molecule has 31 heavy (non-hydrogen) atoms. The van der Waals surface area contributed by atoms with Gasteiger partial charge in [0.15, 0.2) is 23.0 Å². The van der Waals surface area contributed by atoms with Gasteiger partial charge in [-0.15, -0.1) is 0 Å². The Kier molecular flexibility index (Phi) is 8.33. The molecule has 8 nitrogen and oxygen atoms in total. The van der Waals surface area contributed by atoms with E-state index < -0.39 is 17.7 Å². The van der Waals surface area contributed by atoms with Crippen LogP contribution in [-0.4, -0.2) is 75.1 Å². The lowest BCUT2D eigenvalue weighted by molar-refractivity contribution is -0.129. The summed E-state index contributed by atoms with van der Waals surface area (Å²) in [4.78, 5) is 29.6. The topological polar surface area (TPSA) is 88.5 Å². The Hall–Kier alpha value is -2.74. The van der Waals surface area contributed by atoms with Gasteiger partial charge in [-0.3, -0.25) is 9.59 Å². The number of hydrogen-bond donors (Lipinski definition) is 1. The molecule has 1 atom stereocenters. The number of amides is 1. The van der Waals surface area contributed by atoms with Crippen LogP contribution in [0.25, 0.3) is 0 Å². The van der Waals surface area contributed by atoms with Gasteiger partial charge in [0.2, 0.25) is 5.75 Å². The molecule has 0 fully saturated rings. The summed E-state index contributed by atoms with van der Waals surface area (Å²) in [7, 11) is 8.43. The minimum atomic E-state index is -0.727. The van der Waals surface area contributed by atoms with Crippen LogP contribution in [0.15, 0.2) is 23.5 Å². The number of ether oxygens (including phenoxy) is 3. The van der Waals surface area contributed by atoms with E-state index in [1.165, 1.54) is 21.3 Å². The Morgan fingerprint density at radius 3 is 2.16 bits per heavy atom. The van der Waals surface area contributed by atoms with Crippen LogP contribution in [0, 0.1) is 5.92 Å². The molecule has 1 aromatic carbocycles. The standard InChI is InChI=1S/C23H34N2O6/c1-14(2)11-16(26)19-20(25(23(28)21(19)27)10-8-9-24(3)4)15-12-17(29-5)22(31-7)18(13-15)30-6/h12-14,20,27H,8-11H2,1-7H3. The normalized spacial score (nSPS) is 16.5. The van der Waals surface area contributed by atoms with Crippen LogP contribution < -0.4 is 14.2 Å². The number of benzene rings is 1. The van der Waals surface area contributed by atoms with Crippen molar-refractivity contribution in [1.82, 2.24) is 9.80 Å². The van der Waals surface area contributed by atoms with E-state index in [4.69, 9.17) is 14.2 Å². The van der Waals surface area contributed by atoms with E-state index in [0.717, 1.165) is 6.54 Å². The predicted octanol–water partition coefficient (Wildman–Crippen LogP) is 2.97. The highest BCUT2D eigenvalue weighted by Gasteiger charge is 2.43. The van der Waals surface area contributed by atoms with Crippen LogP contribution in [0.3, 0.4) is 0 Å². The molecule has 1 aliphatic heterocycles. The third kappa shape index (κ3) is 5.31. The highest BCUT2D eigenvalue weighted by Crippen LogP contribution is 2.45. The molecule has 1 heterocycles. The van der Waals surface area contributed by atoms with E-state index in [0.29, 0.717) is 35.8 Å². The Bertz CT molecular complexity index is 821. The van der Waals surface area contributed by atoms with Gasteiger partial charge in [0, 0.05) is 13.0 Å². The summed E-state index contributed by atoms with van der Waals surface area (Å²) in [6.07, 6.45) is 0.928. The second-order valence-corrected chi connectivity index (χ2v) is 8.30. The van der Waals surface area contributed by atoms with E-state index >= 15 is 0 Å². The first-order valence-electron chi connectivity index (χ1n) is 10.4. The number of hydrogen-bond acceptors (Lipinski definition) is 7. The van der Waals surface area contributed by atoms with Crippen molar-refractivity contribution in [2.24, 2.45) is 5.92 Å². The van der Waals surface area contributed by atoms with Crippen LogP contribution in [0.1, 0.15) is 38.3 Å². The van der Waals surface area contributed by atoms with Crippen LogP contribution in [0.4, 0.5) is 0 Å². The smallest absolute Gasteiger partial charge is 0.290 e. The molecule has 1 aliphatic rings. The first kappa shape index (κ1) is 24.5. The van der Waals surface area contributed by atoms with E-state index in [-0.39, 0.29) is 23.7 Å². The number of Topliss-reactive ketones (excluding diaryl/α,β-unsaturated/α-hetero) is 1. The number of carbonyl (C=O) groups excluding carboxylic acids is 2. The van der Waals surface area contributed by atoms with Crippen molar-refractivity contribution in [2.75, 3.05) is 48.5 Å². The Labute approximate surface area is 184 Å². The minimum absolute atomic E-state index is 0.0892. The maximum absolute atomic E-state index is 13.1. The first-order chi connectivity index (χ1) is 14.7. The molecule has 1 aromatic rings. The fourth-order valence-corrected chi connectivity index (χ4v) is 3.81. The molecule has 8 heteroatoms. The lowest BCUT2D eigenvalue weighted by Gasteiger charge is -2.28. The van der Waals surface area contributed by atoms with Gasteiger partial charge in [-0.25, -0.2) is 0 Å². The molecule has 1 unspecified atom stereocenters. The van der Waals surface area contributed by atoms with Crippen molar-refractivity contribution in [2.45, 2.75) is 32.7 Å². The average molecular weight is 435 g/mol. The zero-order valence-corrected chi connectivity index (χ0v) is 19.5. The van der Waals surface area contributed by atoms with Crippen molar-refractivity contribution in [3.05, 3.63) is 29.0 Å². The molecule has 2 rings (SSSR count). The Morgan fingerprint density at radius 2 is 1.71 bits per heavy atom. The second kappa shape index (κ2) is 10.5. The number of rotatable bonds is 11. The first-order valence-corrected chi connectivity index (χ1v) is 10.4. The van der Waals surface area contributed by atoms with Gasteiger partial charge < -0.3 is 29.1 Å². The quantitative estimate of drug-likeness (QED) is 0.573. The molecule has 0 saturated carbocycles. The van der Waals surface area contributed by atoms with Crippen molar-refractivity contribution >= 4 is 11.7 Å². The molecule has 0 radical (unpaired) electrons. The molecule has 0 aromatic heterocycles. The molecule has 0 spiro atoms. The number of aliphatic hydroxyl groups excluding tert-OH is 1. The van der Waals surface area contributed by atoms with Gasteiger partial charge in [-0.2, -0.15) is 0 Å². The summed E-state index contributed by atoms with van der Waals surface area (Å²) in [5.41, 5.74) is 0.738. The summed E-state index contributed by atoms with van der Waals surface area (Å²) >= 11 is 0. The summed E-state index contributed by atoms with van der Waals surface area (Å²) in [5, 5.41) is 10.7. The highest BCUT2D eigenvalue weighted by atomic mass is 16.5. The number of methoxy groups -OCH3 is 3. The summed E-state index contributed by atoms with van der Waals surface area (Å²) < 4.78 is 16.3. The zero-order chi connectivity index (χ0) is 23.3. The number of ketones is 1. The number of nitrogens with zero attached hydrogens (tertiary/aromatic N) is 2. The van der Waals surface area contributed by atoms with Crippen LogP contribution >= 0.6 is 0 Å². The van der Waals surface area contributed by atoms with Crippen molar-refractivity contribution in [3.8, 4) is 17.2 Å². The number of carbonyl (C=O) groups is 2. The Morgan fingerprint density at radius 1 is 1.13 bits per heavy atom. The van der Waals surface area contributed by atoms with Gasteiger partial charge in [0.05, 0.1) is 32.9 Å². The maximum Gasteiger partial charge on any atom is 0.290 e. The van der Waals surface area contributed by atoms with E-state index in [9.17, 15) is 14.7 Å². The molecular formula is C23H34N2O6. The lowest BCUT2D eigenvalue weighted by atomic mass is 9.91. The monoisotopic (exact) mass is 434 g/mol. The molecule has 1 amide bonds. The molecule has 0 aliphatic carbocycles. The minimum Gasteiger partial charge on any atom is -0.503 e. The van der Waals surface area contributed by atoms with Gasteiger partial charge in [-0.1, -0.05) is 13.8 Å². The van der Waals surface area contributed by atoms with Gasteiger partial charge in [0.25, 0.3) is 5.91 Å². The van der Waals surface area contributed by atoms with Crippen molar-refractivity contribution in [3.63, 3.8) is 0 Å². The largest absolute Gasteiger partial charge is 0.503 e. The fraction of sp³-hybridized carbons (Fsp3) is 0.565. The van der Waals surface area contributed by atoms with E-state index in [1.54, 1.807) is 17.0 Å². The Balaban J connectivity index is 2.59. The fourth-order valence-electron chi connectivity index (χ4n) is 3.81. The molecule has 172 valence electrons. The zero-order valence-electron chi connectivity index (χ0n) is 19.5. The maximum atomic E-state index is 13.1. The molecule has 0 saturated heterocycles.